The number of nitrogens with one attached hydrogen (secondary N) is 1. The number of piperidine rings is 2. The summed E-state index contributed by atoms with van der Waals surface area (Å²) in [6.45, 7) is 6.71. The molecule has 0 aromatic heterocycles. The fourth-order valence-electron chi connectivity index (χ4n) is 4.86. The molecule has 0 saturated carbocycles. The fraction of sp³-hybridized carbons (Fsp3) is 0.957. The molecule has 2 saturated heterocycles. The molecule has 160 valence electrons. The van der Waals surface area contributed by atoms with Crippen molar-refractivity contribution in [2.45, 2.75) is 103 Å². The normalized spacial score (nSPS) is 19.1. The molecule has 1 N–H and O–H groups in total. The van der Waals surface area contributed by atoms with E-state index in [0.29, 0.717) is 5.91 Å². The summed E-state index contributed by atoms with van der Waals surface area (Å²) in [5.41, 5.74) is 0. The zero-order chi connectivity index (χ0) is 18.5. The van der Waals surface area contributed by atoms with Gasteiger partial charge in [-0.2, -0.15) is 0 Å². The molecule has 2 rings (SSSR count). The summed E-state index contributed by atoms with van der Waals surface area (Å²) in [6, 6.07) is 0. The smallest absolute Gasteiger partial charge is 0.222 e. The Labute approximate surface area is 174 Å². The lowest BCUT2D eigenvalue weighted by molar-refractivity contribution is -0.133. The van der Waals surface area contributed by atoms with Crippen LogP contribution in [0.5, 0.6) is 0 Å². The van der Waals surface area contributed by atoms with E-state index >= 15 is 0 Å². The average molecular weight is 401 g/mol. The molecule has 0 aromatic carbocycles. The Morgan fingerprint density at radius 3 is 1.81 bits per heavy atom. The molecular weight excluding hydrogens is 356 g/mol. The van der Waals surface area contributed by atoms with E-state index in [1.54, 1.807) is 0 Å². The molecule has 4 heteroatoms. The predicted molar refractivity (Wildman–Crippen MR) is 119 cm³/mol. The van der Waals surface area contributed by atoms with Crippen molar-refractivity contribution in [3.8, 4) is 0 Å². The monoisotopic (exact) mass is 400 g/mol. The van der Waals surface area contributed by atoms with Crippen molar-refractivity contribution in [3.63, 3.8) is 0 Å². The van der Waals surface area contributed by atoms with Gasteiger partial charge in [0, 0.05) is 19.5 Å². The van der Waals surface area contributed by atoms with Crippen LogP contribution >= 0.6 is 12.4 Å². The summed E-state index contributed by atoms with van der Waals surface area (Å²) in [5, 5.41) is 3.47. The summed E-state index contributed by atoms with van der Waals surface area (Å²) < 4.78 is 0. The fourth-order valence-corrected chi connectivity index (χ4v) is 4.86. The molecule has 2 heterocycles. The molecule has 0 aliphatic carbocycles. The molecular formula is C23H45ClN2O. The number of hydrogen-bond donors (Lipinski definition) is 1. The molecule has 2 fully saturated rings. The van der Waals surface area contributed by atoms with Gasteiger partial charge in [-0.25, -0.2) is 0 Å². The minimum absolute atomic E-state index is 0. The Kier molecular flexibility index (Phi) is 14.3. The van der Waals surface area contributed by atoms with Crippen molar-refractivity contribution >= 4 is 18.3 Å². The first-order chi connectivity index (χ1) is 12.8. The summed E-state index contributed by atoms with van der Waals surface area (Å²) in [5.74, 6) is 2.21. The molecule has 1 amide bonds. The van der Waals surface area contributed by atoms with Crippen LogP contribution in [0.25, 0.3) is 0 Å². The topological polar surface area (TPSA) is 32.3 Å². The van der Waals surface area contributed by atoms with E-state index in [2.05, 4.69) is 17.1 Å². The van der Waals surface area contributed by atoms with E-state index in [4.69, 9.17) is 0 Å². The van der Waals surface area contributed by atoms with E-state index < -0.39 is 0 Å². The van der Waals surface area contributed by atoms with Gasteiger partial charge in [-0.05, 0) is 57.0 Å². The summed E-state index contributed by atoms with van der Waals surface area (Å²) in [4.78, 5) is 14.6. The predicted octanol–water partition coefficient (Wildman–Crippen LogP) is 5.96. The third-order valence-electron chi connectivity index (χ3n) is 6.69. The summed E-state index contributed by atoms with van der Waals surface area (Å²) in [7, 11) is 0. The number of unbranched alkanes of at least 4 members (excludes halogenated alkanes) is 9. The van der Waals surface area contributed by atoms with Crippen molar-refractivity contribution in [3.05, 3.63) is 0 Å². The van der Waals surface area contributed by atoms with E-state index in [0.717, 1.165) is 37.8 Å². The molecule has 0 atom stereocenters. The van der Waals surface area contributed by atoms with Gasteiger partial charge in [0.1, 0.15) is 0 Å². The number of likely N-dealkylation sites (tertiary alicyclic amines) is 1. The van der Waals surface area contributed by atoms with Crippen molar-refractivity contribution < 1.29 is 4.79 Å². The highest BCUT2D eigenvalue weighted by Gasteiger charge is 2.28. The Bertz CT molecular complexity index is 363. The summed E-state index contributed by atoms with van der Waals surface area (Å²) >= 11 is 0. The zero-order valence-corrected chi connectivity index (χ0v) is 18.7. The highest BCUT2D eigenvalue weighted by Crippen LogP contribution is 2.31. The minimum Gasteiger partial charge on any atom is -0.343 e. The first-order valence-corrected chi connectivity index (χ1v) is 11.8. The number of carbonyl (C=O) groups excluding carboxylic acids is 1. The molecule has 2 aliphatic heterocycles. The van der Waals surface area contributed by atoms with E-state index in [-0.39, 0.29) is 12.4 Å². The zero-order valence-electron chi connectivity index (χ0n) is 17.9. The average Bonchev–Trinajstić information content (AvgIpc) is 2.70. The second-order valence-corrected chi connectivity index (χ2v) is 8.74. The van der Waals surface area contributed by atoms with E-state index in [1.807, 2.05) is 0 Å². The van der Waals surface area contributed by atoms with Gasteiger partial charge >= 0.3 is 0 Å². The summed E-state index contributed by atoms with van der Waals surface area (Å²) in [6.07, 6.45) is 19.4. The number of hydrogen-bond acceptors (Lipinski definition) is 2. The number of rotatable bonds is 12. The molecule has 0 bridgehead atoms. The van der Waals surface area contributed by atoms with Crippen LogP contribution in [0.3, 0.4) is 0 Å². The van der Waals surface area contributed by atoms with Gasteiger partial charge in [-0.3, -0.25) is 4.79 Å². The van der Waals surface area contributed by atoms with Crippen LogP contribution in [0.2, 0.25) is 0 Å². The van der Waals surface area contributed by atoms with Crippen LogP contribution in [0.15, 0.2) is 0 Å². The maximum atomic E-state index is 12.4. The van der Waals surface area contributed by atoms with Crippen molar-refractivity contribution in [1.82, 2.24) is 10.2 Å². The Hall–Kier alpha value is -0.280. The van der Waals surface area contributed by atoms with Gasteiger partial charge in [0.2, 0.25) is 5.91 Å². The van der Waals surface area contributed by atoms with Crippen molar-refractivity contribution in [1.29, 1.82) is 0 Å². The lowest BCUT2D eigenvalue weighted by Gasteiger charge is -2.37. The maximum absolute atomic E-state index is 12.4. The van der Waals surface area contributed by atoms with Crippen LogP contribution in [-0.4, -0.2) is 37.0 Å². The maximum Gasteiger partial charge on any atom is 0.222 e. The quantitative estimate of drug-likeness (QED) is 0.410. The molecule has 27 heavy (non-hydrogen) atoms. The third-order valence-corrected chi connectivity index (χ3v) is 6.69. The Balaban J connectivity index is 0.00000364. The van der Waals surface area contributed by atoms with Crippen LogP contribution in [0.1, 0.15) is 103 Å². The Morgan fingerprint density at radius 1 is 0.778 bits per heavy atom. The highest BCUT2D eigenvalue weighted by atomic mass is 35.5. The van der Waals surface area contributed by atoms with Crippen molar-refractivity contribution in [2.24, 2.45) is 11.8 Å². The van der Waals surface area contributed by atoms with Crippen LogP contribution in [-0.2, 0) is 4.79 Å². The number of halogens is 1. The molecule has 3 nitrogen and oxygen atoms in total. The lowest BCUT2D eigenvalue weighted by Crippen LogP contribution is -2.41. The van der Waals surface area contributed by atoms with Gasteiger partial charge in [0.15, 0.2) is 0 Å². The van der Waals surface area contributed by atoms with Gasteiger partial charge < -0.3 is 10.2 Å². The number of carbonyl (C=O) groups is 1. The SMILES string of the molecule is CCCCCCCCCCCCC(=O)N1CCC(C2CCNCC2)CC1.Cl. The van der Waals surface area contributed by atoms with Gasteiger partial charge in [-0.15, -0.1) is 12.4 Å². The molecule has 0 spiro atoms. The number of nitrogens with zero attached hydrogens (tertiary/aromatic N) is 1. The first kappa shape index (κ1) is 24.8. The molecule has 2 aliphatic rings. The Morgan fingerprint density at radius 2 is 1.26 bits per heavy atom. The third kappa shape index (κ3) is 10.2. The molecule has 0 unspecified atom stereocenters. The lowest BCUT2D eigenvalue weighted by atomic mass is 9.79. The number of amides is 1. The minimum atomic E-state index is 0. The van der Waals surface area contributed by atoms with Gasteiger partial charge in [0.05, 0.1) is 0 Å². The van der Waals surface area contributed by atoms with Gasteiger partial charge in [0.25, 0.3) is 0 Å². The van der Waals surface area contributed by atoms with E-state index in [9.17, 15) is 4.79 Å². The largest absolute Gasteiger partial charge is 0.343 e. The first-order valence-electron chi connectivity index (χ1n) is 11.8. The van der Waals surface area contributed by atoms with Crippen LogP contribution in [0.4, 0.5) is 0 Å². The van der Waals surface area contributed by atoms with Gasteiger partial charge in [-0.1, -0.05) is 64.7 Å². The van der Waals surface area contributed by atoms with Crippen LogP contribution in [0, 0.1) is 11.8 Å². The standard InChI is InChI=1S/C23H44N2O.ClH/c1-2-3-4-5-6-7-8-9-10-11-12-23(26)25-19-15-22(16-20-25)21-13-17-24-18-14-21;/h21-22,24H,2-20H2,1H3;1H. The van der Waals surface area contributed by atoms with Crippen LogP contribution < -0.4 is 5.32 Å². The molecule has 0 aromatic rings. The van der Waals surface area contributed by atoms with E-state index in [1.165, 1.54) is 96.6 Å². The highest BCUT2D eigenvalue weighted by molar-refractivity contribution is 5.85. The molecule has 0 radical (unpaired) electrons. The second-order valence-electron chi connectivity index (χ2n) is 8.74. The second kappa shape index (κ2) is 15.6. The van der Waals surface area contributed by atoms with Crippen molar-refractivity contribution in [2.75, 3.05) is 26.2 Å².